The average molecular weight is 1020 g/mol. The molecule has 8 N–H and O–H groups in total. The Morgan fingerprint density at radius 1 is 0.552 bits per heavy atom. The van der Waals surface area contributed by atoms with Gasteiger partial charge in [-0.25, -0.2) is 20.9 Å². The van der Waals surface area contributed by atoms with Crippen molar-refractivity contribution in [2.45, 2.75) is 58.4 Å². The van der Waals surface area contributed by atoms with Crippen molar-refractivity contribution in [2.24, 2.45) is 0 Å². The number of hydrogen-bond acceptors (Lipinski definition) is 17. The van der Waals surface area contributed by atoms with Crippen molar-refractivity contribution >= 4 is 123 Å². The van der Waals surface area contributed by atoms with E-state index in [0.717, 1.165) is 34.3 Å². The van der Waals surface area contributed by atoms with E-state index in [0.29, 0.717) is 0 Å². The number of anilines is 6. The molecule has 2 unspecified atom stereocenters. The minimum Gasteiger partial charge on any atom is -0.323 e. The van der Waals surface area contributed by atoms with Crippen LogP contribution in [0.25, 0.3) is 24.3 Å². The van der Waals surface area contributed by atoms with E-state index >= 15 is 0 Å². The lowest BCUT2D eigenvalue weighted by Crippen LogP contribution is -2.36. The number of benzene rings is 4. The van der Waals surface area contributed by atoms with Crippen LogP contribution >= 0.6 is 11.6 Å². The first-order chi connectivity index (χ1) is 31.2. The van der Waals surface area contributed by atoms with Gasteiger partial charge in [-0.3, -0.25) is 27.8 Å². The van der Waals surface area contributed by atoms with Crippen molar-refractivity contribution in [1.29, 1.82) is 0 Å². The topological polar surface area (TPSA) is 345 Å². The van der Waals surface area contributed by atoms with Crippen molar-refractivity contribution in [3.63, 3.8) is 0 Å². The van der Waals surface area contributed by atoms with Gasteiger partial charge in [0.15, 0.2) is 0 Å². The molecule has 7 rings (SSSR count). The van der Waals surface area contributed by atoms with E-state index in [1.807, 2.05) is 0 Å². The molecule has 2 aliphatic heterocycles. The van der Waals surface area contributed by atoms with Crippen LogP contribution in [0.2, 0.25) is 5.28 Å². The SMILES string of the molecule is CC1CC(=O)N(c2ccc(/C=C/c3ccc(Nc4nc(Cl)nc(Nc5ccc(/C=C/c6ccc(N7NC(C)CC7=O)cc6S(=O)(=O)O)cc5S(=O)(=O)O)n4)c(S(=O)(=O)O)c3)c(S(=O)(=O)O)c2)N1. The molecule has 0 saturated carbocycles. The summed E-state index contributed by atoms with van der Waals surface area (Å²) in [5.41, 5.74) is 5.61. The summed E-state index contributed by atoms with van der Waals surface area (Å²) in [5.74, 6) is -1.51. The molecule has 2 amide bonds. The van der Waals surface area contributed by atoms with E-state index < -0.39 is 77.2 Å². The maximum Gasteiger partial charge on any atom is 0.296 e. The molecule has 2 atom stereocenters. The Bertz CT molecular complexity index is 3170. The quantitative estimate of drug-likeness (QED) is 0.0556. The fourth-order valence-electron chi connectivity index (χ4n) is 6.86. The summed E-state index contributed by atoms with van der Waals surface area (Å²) in [6, 6.07) is 14.3. The number of halogens is 1. The zero-order valence-corrected chi connectivity index (χ0v) is 38.4. The van der Waals surface area contributed by atoms with Crippen LogP contribution in [-0.2, 0) is 50.1 Å². The highest BCUT2D eigenvalue weighted by Gasteiger charge is 2.30. The van der Waals surface area contributed by atoms with E-state index in [4.69, 9.17) is 11.6 Å². The number of rotatable bonds is 14. The smallest absolute Gasteiger partial charge is 0.296 e. The van der Waals surface area contributed by atoms with Crippen LogP contribution in [0.1, 0.15) is 48.9 Å². The number of carbonyl (C=O) groups is 2. The molecule has 67 heavy (non-hydrogen) atoms. The maximum absolute atomic E-state index is 12.6. The highest BCUT2D eigenvalue weighted by molar-refractivity contribution is 7.86. The third kappa shape index (κ3) is 11.5. The summed E-state index contributed by atoms with van der Waals surface area (Å²) in [6.07, 6.45) is 5.37. The summed E-state index contributed by atoms with van der Waals surface area (Å²) < 4.78 is 140. The van der Waals surface area contributed by atoms with Gasteiger partial charge in [-0.1, -0.05) is 48.6 Å². The Morgan fingerprint density at radius 2 is 0.925 bits per heavy atom. The maximum atomic E-state index is 12.6. The minimum absolute atomic E-state index is 0.0364. The van der Waals surface area contributed by atoms with E-state index in [2.05, 4.69) is 36.4 Å². The van der Waals surface area contributed by atoms with E-state index in [1.165, 1.54) is 72.8 Å². The molecule has 0 bridgehead atoms. The number of nitrogens with one attached hydrogen (secondary N) is 4. The van der Waals surface area contributed by atoms with Gasteiger partial charge in [0.05, 0.1) is 22.7 Å². The molecule has 0 spiro atoms. The van der Waals surface area contributed by atoms with Crippen molar-refractivity contribution < 1.29 is 61.5 Å². The van der Waals surface area contributed by atoms with Crippen LogP contribution in [-0.4, -0.2) is 90.7 Å². The second kappa shape index (κ2) is 18.4. The summed E-state index contributed by atoms with van der Waals surface area (Å²) in [4.78, 5) is 34.1. The van der Waals surface area contributed by atoms with Crippen molar-refractivity contribution in [2.75, 3.05) is 20.7 Å². The van der Waals surface area contributed by atoms with E-state index in [9.17, 15) is 61.5 Å². The zero-order chi connectivity index (χ0) is 48.8. The van der Waals surface area contributed by atoms with Gasteiger partial charge in [0.1, 0.15) is 19.6 Å². The van der Waals surface area contributed by atoms with Gasteiger partial charge in [0.2, 0.25) is 29.0 Å². The summed E-state index contributed by atoms with van der Waals surface area (Å²) in [6.45, 7) is 3.50. The number of hydrogen-bond donors (Lipinski definition) is 8. The third-order valence-electron chi connectivity index (χ3n) is 9.80. The molecule has 5 aromatic rings. The molecule has 28 heteroatoms. The highest BCUT2D eigenvalue weighted by atomic mass is 35.5. The van der Waals surface area contributed by atoms with Crippen LogP contribution in [0, 0.1) is 0 Å². The number of hydrazine groups is 2. The summed E-state index contributed by atoms with van der Waals surface area (Å²) >= 11 is 6.14. The Balaban J connectivity index is 1.13. The van der Waals surface area contributed by atoms with E-state index in [-0.39, 0.29) is 81.7 Å². The van der Waals surface area contributed by atoms with Crippen LogP contribution in [0.4, 0.5) is 34.6 Å². The highest BCUT2D eigenvalue weighted by Crippen LogP contribution is 2.32. The molecule has 1 aromatic heterocycles. The molecule has 3 heterocycles. The van der Waals surface area contributed by atoms with Crippen LogP contribution < -0.4 is 31.5 Å². The molecular weight excluding hydrogens is 982 g/mol. The van der Waals surface area contributed by atoms with E-state index in [1.54, 1.807) is 13.8 Å². The van der Waals surface area contributed by atoms with Gasteiger partial charge in [-0.05, 0) is 96.2 Å². The molecular formula is C39H36ClN9O14S4. The Morgan fingerprint density at radius 3 is 1.25 bits per heavy atom. The fraction of sp³-hybridized carbons (Fsp3) is 0.154. The van der Waals surface area contributed by atoms with Gasteiger partial charge < -0.3 is 10.6 Å². The number of aromatic nitrogens is 3. The van der Waals surface area contributed by atoms with Gasteiger partial charge in [-0.15, -0.1) is 0 Å². The molecule has 2 saturated heterocycles. The minimum atomic E-state index is -5.01. The van der Waals surface area contributed by atoms with Gasteiger partial charge in [0, 0.05) is 24.9 Å². The lowest BCUT2D eigenvalue weighted by molar-refractivity contribution is -0.118. The number of nitrogens with zero attached hydrogens (tertiary/aromatic N) is 5. The average Bonchev–Trinajstić information content (AvgIpc) is 3.75. The molecule has 0 radical (unpaired) electrons. The predicted octanol–water partition coefficient (Wildman–Crippen LogP) is 4.60. The van der Waals surface area contributed by atoms with Crippen molar-refractivity contribution in [3.8, 4) is 0 Å². The van der Waals surface area contributed by atoms with Crippen LogP contribution in [0.15, 0.2) is 92.4 Å². The number of amides is 2. The first-order valence-corrected chi connectivity index (χ1v) is 25.3. The third-order valence-corrected chi connectivity index (χ3v) is 13.6. The Hall–Kier alpha value is -6.24. The fourth-order valence-corrected chi connectivity index (χ4v) is 9.79. The van der Waals surface area contributed by atoms with Gasteiger partial charge in [0.25, 0.3) is 40.5 Å². The molecule has 2 aliphatic rings. The number of carbonyl (C=O) groups excluding carboxylic acids is 2. The predicted molar refractivity (Wildman–Crippen MR) is 244 cm³/mol. The first-order valence-electron chi connectivity index (χ1n) is 19.2. The largest absolute Gasteiger partial charge is 0.323 e. The molecule has 2 fully saturated rings. The molecule has 23 nitrogen and oxygen atoms in total. The van der Waals surface area contributed by atoms with Crippen molar-refractivity contribution in [1.82, 2.24) is 25.8 Å². The van der Waals surface area contributed by atoms with Crippen LogP contribution in [0.3, 0.4) is 0 Å². The second-order valence-electron chi connectivity index (χ2n) is 15.0. The van der Waals surface area contributed by atoms with Gasteiger partial charge >= 0.3 is 0 Å². The van der Waals surface area contributed by atoms with Gasteiger partial charge in [-0.2, -0.15) is 48.6 Å². The first kappa shape index (κ1) is 48.7. The monoisotopic (exact) mass is 1020 g/mol. The molecule has 4 aromatic carbocycles. The normalized spacial score (nSPS) is 17.3. The summed E-state index contributed by atoms with van der Waals surface area (Å²) in [5, 5.41) is 6.97. The second-order valence-corrected chi connectivity index (χ2v) is 20.8. The molecule has 0 aliphatic carbocycles. The zero-order valence-electron chi connectivity index (χ0n) is 34.4. The Labute approximate surface area is 387 Å². The Kier molecular flexibility index (Phi) is 13.4. The lowest BCUT2D eigenvalue weighted by Gasteiger charge is -2.18. The van der Waals surface area contributed by atoms with Crippen LogP contribution in [0.5, 0.6) is 0 Å². The standard InChI is InChI=1S/C39H36ClN9O14S4/c1-21-15-35(50)48(46-21)27-11-9-25(31(19-27)64(52,53)54)7-3-23-5-13-29(33(17-23)66(58,59)60)41-38-43-37(40)44-39(45-38)42-30-14-6-24(18-34(30)67(61,62)63)4-8-26-10-12-28(20-32(26)65(55,56)57)49-36(51)16-22(2)47-49/h3-14,17-22,46-47H,15-16H2,1-2H3,(H,52,53,54)(H,55,56,57)(H,58,59,60)(H,61,62,63)(H2,41,42,43,44,45)/b7-3+,8-4+. The summed E-state index contributed by atoms with van der Waals surface area (Å²) in [7, 11) is -19.7. The molecule has 352 valence electrons. The lowest BCUT2D eigenvalue weighted by atomic mass is 10.1. The van der Waals surface area contributed by atoms with Crippen molar-refractivity contribution in [3.05, 3.63) is 100 Å².